The first kappa shape index (κ1) is 23.8. The molecule has 0 amide bonds. The average molecular weight is 479 g/mol. The van der Waals surface area contributed by atoms with Gasteiger partial charge in [0.15, 0.2) is 0 Å². The van der Waals surface area contributed by atoms with Crippen molar-refractivity contribution in [2.45, 2.75) is 32.9 Å². The maximum atomic E-state index is 13.3. The van der Waals surface area contributed by atoms with Gasteiger partial charge in [0.2, 0.25) is 0 Å². The summed E-state index contributed by atoms with van der Waals surface area (Å²) in [5, 5.41) is 0.945. The molecule has 5 rings (SSSR count). The Balaban J connectivity index is 1.53. The number of rotatable bonds is 4. The summed E-state index contributed by atoms with van der Waals surface area (Å²) >= 11 is 0. The van der Waals surface area contributed by atoms with Crippen LogP contribution in [0.3, 0.4) is 0 Å². The minimum absolute atomic E-state index is 0.365. The zero-order valence-electron chi connectivity index (χ0n) is 20.8. The highest BCUT2D eigenvalue weighted by Crippen LogP contribution is 2.32. The van der Waals surface area contributed by atoms with Crippen molar-refractivity contribution in [3.8, 4) is 11.3 Å². The van der Waals surface area contributed by atoms with Crippen LogP contribution in [0.25, 0.3) is 22.2 Å². The molecule has 0 saturated carbocycles. The molecule has 3 aromatic rings. The minimum Gasteiger partial charge on any atom is -0.443 e. The Kier molecular flexibility index (Phi) is 6.77. The number of pyridine rings is 1. The third-order valence-electron chi connectivity index (χ3n) is 6.39. The van der Waals surface area contributed by atoms with Gasteiger partial charge >= 0.3 is 6.09 Å². The lowest BCUT2D eigenvalue weighted by Crippen LogP contribution is -2.37. The van der Waals surface area contributed by atoms with E-state index in [0.717, 1.165) is 67.2 Å². The smallest absolute Gasteiger partial charge is 0.419 e. The molecule has 8 heteroatoms. The van der Waals surface area contributed by atoms with Crippen molar-refractivity contribution in [1.29, 1.82) is 0 Å². The molecule has 2 fully saturated rings. The number of nitrogens with zero attached hydrogens (tertiary/aromatic N) is 4. The molecule has 2 aliphatic rings. The molecule has 8 nitrogen and oxygen atoms in total. The fraction of sp³-hybridized carbons (Fsp3) is 0.481. The highest BCUT2D eigenvalue weighted by molar-refractivity contribution is 5.98. The van der Waals surface area contributed by atoms with E-state index in [9.17, 15) is 4.79 Å². The van der Waals surface area contributed by atoms with E-state index in [2.05, 4.69) is 40.1 Å². The lowest BCUT2D eigenvalue weighted by molar-refractivity contribution is 0.0321. The van der Waals surface area contributed by atoms with Crippen molar-refractivity contribution in [1.82, 2.24) is 14.5 Å². The quantitative estimate of drug-likeness (QED) is 0.558. The predicted octanol–water partition coefficient (Wildman–Crippen LogP) is 4.16. The van der Waals surface area contributed by atoms with Crippen molar-refractivity contribution in [3.05, 3.63) is 48.3 Å². The molecule has 0 bridgehead atoms. The summed E-state index contributed by atoms with van der Waals surface area (Å²) in [6.45, 7) is 12.7. The molecule has 0 spiro atoms. The number of ether oxygens (including phenoxy) is 3. The monoisotopic (exact) mass is 478 g/mol. The topological polar surface area (TPSA) is 69.1 Å². The third kappa shape index (κ3) is 5.34. The molecule has 2 aromatic heterocycles. The molecule has 1 aromatic carbocycles. The molecule has 0 radical (unpaired) electrons. The van der Waals surface area contributed by atoms with E-state index in [1.54, 1.807) is 10.8 Å². The molecule has 4 heterocycles. The summed E-state index contributed by atoms with van der Waals surface area (Å²) in [4.78, 5) is 22.7. The summed E-state index contributed by atoms with van der Waals surface area (Å²) < 4.78 is 18.5. The maximum Gasteiger partial charge on any atom is 0.419 e. The average Bonchev–Trinajstić information content (AvgIpc) is 3.22. The van der Waals surface area contributed by atoms with Crippen LogP contribution in [-0.4, -0.2) is 78.8 Å². The van der Waals surface area contributed by atoms with Crippen molar-refractivity contribution in [2.75, 3.05) is 57.5 Å². The Morgan fingerprint density at radius 2 is 1.63 bits per heavy atom. The van der Waals surface area contributed by atoms with Crippen LogP contribution < -0.4 is 4.90 Å². The Morgan fingerprint density at radius 1 is 0.971 bits per heavy atom. The summed E-state index contributed by atoms with van der Waals surface area (Å²) in [6.07, 6.45) is 1.41. The zero-order chi connectivity index (χ0) is 24.4. The van der Waals surface area contributed by atoms with E-state index in [-0.39, 0.29) is 6.09 Å². The van der Waals surface area contributed by atoms with E-state index in [1.807, 2.05) is 26.8 Å². The lowest BCUT2D eigenvalue weighted by Gasteiger charge is -2.28. The number of anilines is 1. The predicted molar refractivity (Wildman–Crippen MR) is 136 cm³/mol. The van der Waals surface area contributed by atoms with Crippen LogP contribution in [-0.2, 0) is 20.8 Å². The molecule has 35 heavy (non-hydrogen) atoms. The van der Waals surface area contributed by atoms with Crippen LogP contribution >= 0.6 is 0 Å². The zero-order valence-corrected chi connectivity index (χ0v) is 20.8. The van der Waals surface area contributed by atoms with Gasteiger partial charge in [-0.1, -0.05) is 12.1 Å². The Labute approximate surface area is 206 Å². The highest BCUT2D eigenvalue weighted by Gasteiger charge is 2.25. The largest absolute Gasteiger partial charge is 0.443 e. The summed E-state index contributed by atoms with van der Waals surface area (Å²) in [5.41, 5.74) is 4.19. The van der Waals surface area contributed by atoms with E-state index >= 15 is 0 Å². The van der Waals surface area contributed by atoms with Crippen LogP contribution in [0.1, 0.15) is 26.5 Å². The fourth-order valence-corrected chi connectivity index (χ4v) is 4.70. The number of carbonyl (C=O) groups is 1. The van der Waals surface area contributed by atoms with Gasteiger partial charge in [0.25, 0.3) is 0 Å². The molecule has 186 valence electrons. The van der Waals surface area contributed by atoms with Crippen molar-refractivity contribution in [3.63, 3.8) is 0 Å². The molecule has 0 N–H and O–H groups in total. The van der Waals surface area contributed by atoms with Gasteiger partial charge in [0.1, 0.15) is 5.60 Å². The van der Waals surface area contributed by atoms with E-state index in [4.69, 9.17) is 19.2 Å². The van der Waals surface area contributed by atoms with E-state index in [1.165, 1.54) is 5.69 Å². The maximum absolute atomic E-state index is 13.3. The van der Waals surface area contributed by atoms with Crippen LogP contribution in [0, 0.1) is 0 Å². The molecular formula is C27H34N4O4. The second-order valence-corrected chi connectivity index (χ2v) is 10.1. The number of carbonyl (C=O) groups excluding carboxylic acids is 1. The molecule has 0 aliphatic carbocycles. The standard InChI is InChI=1S/C27H34N4O4/c1-27(2,3)35-26(32)31-22(19-29-10-14-33-15-11-29)18-23-24(31)8-9-28-25(23)20-4-6-21(7-5-20)30-12-16-34-17-13-30/h4-9,18H,10-17,19H2,1-3H3. The number of fused-ring (bicyclic) bond motifs is 1. The first-order chi connectivity index (χ1) is 16.9. The van der Waals surface area contributed by atoms with Gasteiger partial charge in [-0.3, -0.25) is 9.88 Å². The van der Waals surface area contributed by atoms with Gasteiger partial charge in [0.05, 0.1) is 37.6 Å². The number of aromatic nitrogens is 2. The van der Waals surface area contributed by atoms with Crippen LogP contribution in [0.15, 0.2) is 42.6 Å². The van der Waals surface area contributed by atoms with Crippen molar-refractivity contribution < 1.29 is 19.0 Å². The van der Waals surface area contributed by atoms with Crippen LogP contribution in [0.2, 0.25) is 0 Å². The summed E-state index contributed by atoms with van der Waals surface area (Å²) in [5.74, 6) is 0. The van der Waals surface area contributed by atoms with E-state index < -0.39 is 5.60 Å². The normalized spacial score (nSPS) is 17.6. The van der Waals surface area contributed by atoms with Crippen LogP contribution in [0.5, 0.6) is 0 Å². The van der Waals surface area contributed by atoms with Gasteiger partial charge in [-0.15, -0.1) is 0 Å². The van der Waals surface area contributed by atoms with Crippen molar-refractivity contribution >= 4 is 22.7 Å². The number of hydrogen-bond donors (Lipinski definition) is 0. The number of hydrogen-bond acceptors (Lipinski definition) is 7. The number of morpholine rings is 2. The molecule has 0 atom stereocenters. The minimum atomic E-state index is -0.588. The molecule has 2 saturated heterocycles. The Morgan fingerprint density at radius 3 is 2.29 bits per heavy atom. The van der Waals surface area contributed by atoms with Gasteiger partial charge in [-0.05, 0) is 45.0 Å². The second-order valence-electron chi connectivity index (χ2n) is 10.1. The molecule has 2 aliphatic heterocycles. The van der Waals surface area contributed by atoms with Gasteiger partial charge in [0, 0.05) is 61.3 Å². The first-order valence-electron chi connectivity index (χ1n) is 12.3. The Hall–Kier alpha value is -2.94. The van der Waals surface area contributed by atoms with Gasteiger partial charge in [-0.2, -0.15) is 0 Å². The van der Waals surface area contributed by atoms with Gasteiger partial charge in [-0.25, -0.2) is 9.36 Å². The number of benzene rings is 1. The fourth-order valence-electron chi connectivity index (χ4n) is 4.70. The Bertz CT molecular complexity index is 1170. The van der Waals surface area contributed by atoms with Gasteiger partial charge < -0.3 is 19.1 Å². The molecule has 0 unspecified atom stereocenters. The summed E-state index contributed by atoms with van der Waals surface area (Å²) in [7, 11) is 0. The SMILES string of the molecule is CC(C)(C)OC(=O)n1c(CN2CCOCC2)cc2c(-c3ccc(N4CCOCC4)cc3)nccc21. The van der Waals surface area contributed by atoms with Crippen LogP contribution in [0.4, 0.5) is 10.5 Å². The van der Waals surface area contributed by atoms with Crippen molar-refractivity contribution in [2.24, 2.45) is 0 Å². The lowest BCUT2D eigenvalue weighted by atomic mass is 10.1. The van der Waals surface area contributed by atoms with E-state index in [0.29, 0.717) is 19.8 Å². The highest BCUT2D eigenvalue weighted by atomic mass is 16.6. The second kappa shape index (κ2) is 9.97. The summed E-state index contributed by atoms with van der Waals surface area (Å²) in [6, 6.07) is 12.5. The molecular weight excluding hydrogens is 444 g/mol. The first-order valence-corrected chi connectivity index (χ1v) is 12.3. The third-order valence-corrected chi connectivity index (χ3v) is 6.39.